The molecule has 4 nitrogen and oxygen atoms in total. The molecule has 1 saturated carbocycles. The summed E-state index contributed by atoms with van der Waals surface area (Å²) >= 11 is 0. The van der Waals surface area contributed by atoms with Crippen LogP contribution in [0.15, 0.2) is 17.0 Å². The highest BCUT2D eigenvalue weighted by molar-refractivity contribution is 7.89. The Bertz CT molecular complexity index is 588. The number of hydrogen-bond donors (Lipinski definition) is 2. The van der Waals surface area contributed by atoms with Gasteiger partial charge in [0.05, 0.1) is 4.90 Å². The van der Waals surface area contributed by atoms with Crippen LogP contribution in [0.4, 0.5) is 5.69 Å². The number of nitrogens with one attached hydrogen (secondary N) is 1. The van der Waals surface area contributed by atoms with Crippen molar-refractivity contribution >= 4 is 15.7 Å². The van der Waals surface area contributed by atoms with Gasteiger partial charge in [0.2, 0.25) is 10.0 Å². The maximum Gasteiger partial charge on any atom is 0.241 e. The number of sulfonamides is 1. The zero-order valence-electron chi connectivity index (χ0n) is 13.1. The van der Waals surface area contributed by atoms with Crippen LogP contribution in [0.1, 0.15) is 50.2 Å². The monoisotopic (exact) mass is 310 g/mol. The van der Waals surface area contributed by atoms with Gasteiger partial charge in [-0.05, 0) is 62.3 Å². The molecular weight excluding hydrogens is 284 g/mol. The molecule has 0 bridgehead atoms. The average Bonchev–Trinajstić information content (AvgIpc) is 2.52. The molecule has 1 aromatic carbocycles. The molecule has 0 saturated heterocycles. The highest BCUT2D eigenvalue weighted by atomic mass is 32.2. The van der Waals surface area contributed by atoms with Gasteiger partial charge in [-0.15, -0.1) is 0 Å². The van der Waals surface area contributed by atoms with Crippen LogP contribution in [0.3, 0.4) is 0 Å². The van der Waals surface area contributed by atoms with E-state index in [0.29, 0.717) is 27.6 Å². The van der Waals surface area contributed by atoms with Crippen molar-refractivity contribution in [3.63, 3.8) is 0 Å². The highest BCUT2D eigenvalue weighted by Gasteiger charge is 2.25. The predicted molar refractivity (Wildman–Crippen MR) is 86.7 cm³/mol. The third kappa shape index (κ3) is 3.98. The molecule has 0 aliphatic heterocycles. The lowest BCUT2D eigenvalue weighted by atomic mass is 10.0. The number of nitrogen functional groups attached to an aromatic ring is 1. The van der Waals surface area contributed by atoms with Gasteiger partial charge in [-0.3, -0.25) is 0 Å². The van der Waals surface area contributed by atoms with E-state index in [4.69, 9.17) is 5.73 Å². The molecule has 1 aliphatic carbocycles. The minimum atomic E-state index is -3.48. The molecular formula is C16H26N2O2S. The molecule has 21 heavy (non-hydrogen) atoms. The summed E-state index contributed by atoms with van der Waals surface area (Å²) in [7, 11) is -3.48. The van der Waals surface area contributed by atoms with Crippen LogP contribution in [0.25, 0.3) is 0 Å². The molecule has 1 aliphatic rings. The normalized spacial score (nSPS) is 23.8. The quantitative estimate of drug-likeness (QED) is 0.665. The van der Waals surface area contributed by atoms with Gasteiger partial charge in [0.25, 0.3) is 0 Å². The Kier molecular flexibility index (Phi) is 4.94. The van der Waals surface area contributed by atoms with Gasteiger partial charge >= 0.3 is 0 Å². The van der Waals surface area contributed by atoms with Crippen molar-refractivity contribution in [1.29, 1.82) is 0 Å². The smallest absolute Gasteiger partial charge is 0.241 e. The number of nitrogens with two attached hydrogens (primary N) is 1. The SMILES string of the molecule is Cc1cc(N)cc(C)c1S(=O)(=O)NC1CCCC(C)CC1. The van der Waals surface area contributed by atoms with E-state index in [-0.39, 0.29) is 6.04 Å². The number of aryl methyl sites for hydroxylation is 2. The first-order chi connectivity index (χ1) is 9.79. The van der Waals surface area contributed by atoms with E-state index in [1.807, 2.05) is 0 Å². The molecule has 0 heterocycles. The fourth-order valence-corrected chi connectivity index (χ4v) is 5.05. The van der Waals surface area contributed by atoms with Crippen molar-refractivity contribution in [3.8, 4) is 0 Å². The molecule has 0 spiro atoms. The lowest BCUT2D eigenvalue weighted by Gasteiger charge is -2.19. The lowest BCUT2D eigenvalue weighted by molar-refractivity contribution is 0.484. The first-order valence-corrected chi connectivity index (χ1v) is 9.17. The maximum absolute atomic E-state index is 12.7. The third-order valence-electron chi connectivity index (χ3n) is 4.33. The Morgan fingerprint density at radius 1 is 1.10 bits per heavy atom. The van der Waals surface area contributed by atoms with Crippen LogP contribution >= 0.6 is 0 Å². The summed E-state index contributed by atoms with van der Waals surface area (Å²) in [6.45, 7) is 5.84. The second-order valence-electron chi connectivity index (χ2n) is 6.42. The zero-order valence-corrected chi connectivity index (χ0v) is 14.0. The van der Waals surface area contributed by atoms with E-state index in [0.717, 1.165) is 25.7 Å². The van der Waals surface area contributed by atoms with E-state index in [9.17, 15) is 8.42 Å². The molecule has 5 heteroatoms. The topological polar surface area (TPSA) is 72.2 Å². The molecule has 3 N–H and O–H groups in total. The first kappa shape index (κ1) is 16.3. The average molecular weight is 310 g/mol. The summed E-state index contributed by atoms with van der Waals surface area (Å²) in [5.41, 5.74) is 7.80. The predicted octanol–water partition coefficient (Wildman–Crippen LogP) is 3.13. The van der Waals surface area contributed by atoms with Crippen molar-refractivity contribution in [2.24, 2.45) is 5.92 Å². The summed E-state index contributed by atoms with van der Waals surface area (Å²) in [5.74, 6) is 0.694. The molecule has 1 aromatic rings. The van der Waals surface area contributed by atoms with Gasteiger partial charge in [-0.1, -0.05) is 19.8 Å². The molecule has 0 amide bonds. The van der Waals surface area contributed by atoms with Crippen LogP contribution < -0.4 is 10.5 Å². The maximum atomic E-state index is 12.7. The first-order valence-electron chi connectivity index (χ1n) is 7.68. The molecule has 2 atom stereocenters. The van der Waals surface area contributed by atoms with Crippen LogP contribution in [-0.4, -0.2) is 14.5 Å². The Labute approximate surface area is 128 Å². The molecule has 0 radical (unpaired) electrons. The van der Waals surface area contributed by atoms with Crippen molar-refractivity contribution < 1.29 is 8.42 Å². The van der Waals surface area contributed by atoms with Gasteiger partial charge in [0.1, 0.15) is 0 Å². The summed E-state index contributed by atoms with van der Waals surface area (Å²) < 4.78 is 28.3. The molecule has 2 rings (SSSR count). The number of rotatable bonds is 3. The van der Waals surface area contributed by atoms with Crippen molar-refractivity contribution in [2.75, 3.05) is 5.73 Å². The van der Waals surface area contributed by atoms with Crippen molar-refractivity contribution in [2.45, 2.75) is 63.8 Å². The summed E-state index contributed by atoms with van der Waals surface area (Å²) in [6.07, 6.45) is 5.23. The molecule has 1 fully saturated rings. The Morgan fingerprint density at radius 2 is 1.71 bits per heavy atom. The third-order valence-corrected chi connectivity index (χ3v) is 6.16. The minimum Gasteiger partial charge on any atom is -0.399 e. The van der Waals surface area contributed by atoms with E-state index in [1.165, 1.54) is 6.42 Å². The van der Waals surface area contributed by atoms with Crippen LogP contribution in [-0.2, 0) is 10.0 Å². The number of hydrogen-bond acceptors (Lipinski definition) is 3. The second-order valence-corrected chi connectivity index (χ2v) is 8.07. The van der Waals surface area contributed by atoms with Crippen molar-refractivity contribution in [1.82, 2.24) is 4.72 Å². The highest BCUT2D eigenvalue weighted by Crippen LogP contribution is 2.26. The Morgan fingerprint density at radius 3 is 2.33 bits per heavy atom. The zero-order chi connectivity index (χ0) is 15.6. The Hall–Kier alpha value is -1.07. The fraction of sp³-hybridized carbons (Fsp3) is 0.625. The van der Waals surface area contributed by atoms with Gasteiger partial charge in [-0.25, -0.2) is 13.1 Å². The second kappa shape index (κ2) is 6.36. The van der Waals surface area contributed by atoms with Gasteiger partial charge in [0.15, 0.2) is 0 Å². The molecule has 118 valence electrons. The minimum absolute atomic E-state index is 0.0521. The largest absolute Gasteiger partial charge is 0.399 e. The summed E-state index contributed by atoms with van der Waals surface area (Å²) in [6, 6.07) is 3.49. The fourth-order valence-electron chi connectivity index (χ4n) is 3.29. The molecule has 2 unspecified atom stereocenters. The van der Waals surface area contributed by atoms with E-state index >= 15 is 0 Å². The molecule has 0 aromatic heterocycles. The summed E-state index contributed by atoms with van der Waals surface area (Å²) in [4.78, 5) is 0.383. The van der Waals surface area contributed by atoms with Crippen LogP contribution in [0, 0.1) is 19.8 Å². The number of anilines is 1. The van der Waals surface area contributed by atoms with E-state index in [2.05, 4.69) is 11.6 Å². The lowest BCUT2D eigenvalue weighted by Crippen LogP contribution is -2.35. The van der Waals surface area contributed by atoms with Crippen LogP contribution in [0.2, 0.25) is 0 Å². The van der Waals surface area contributed by atoms with Gasteiger partial charge in [-0.2, -0.15) is 0 Å². The van der Waals surface area contributed by atoms with E-state index in [1.54, 1.807) is 26.0 Å². The summed E-state index contributed by atoms with van der Waals surface area (Å²) in [5, 5.41) is 0. The Balaban J connectivity index is 2.23. The van der Waals surface area contributed by atoms with Crippen LogP contribution in [0.5, 0.6) is 0 Å². The van der Waals surface area contributed by atoms with Gasteiger partial charge < -0.3 is 5.73 Å². The van der Waals surface area contributed by atoms with Gasteiger partial charge in [0, 0.05) is 11.7 Å². The standard InChI is InChI=1S/C16H26N2O2S/c1-11-5-4-6-15(8-7-11)18-21(19,20)16-12(2)9-14(17)10-13(16)3/h9-11,15,18H,4-8,17H2,1-3H3. The van der Waals surface area contributed by atoms with Crippen molar-refractivity contribution in [3.05, 3.63) is 23.3 Å². The van der Waals surface area contributed by atoms with E-state index < -0.39 is 10.0 Å². The number of benzene rings is 1.